The quantitative estimate of drug-likeness (QED) is 0.137. The summed E-state index contributed by atoms with van der Waals surface area (Å²) in [5.74, 6) is 0. The second-order valence-corrected chi connectivity index (χ2v) is 8.58. The molecule has 0 amide bonds. The topological polar surface area (TPSA) is 190 Å². The zero-order chi connectivity index (χ0) is 28.0. The lowest BCUT2D eigenvalue weighted by molar-refractivity contribution is -0.421. The van der Waals surface area contributed by atoms with E-state index in [4.69, 9.17) is 22.9 Å². The van der Waals surface area contributed by atoms with E-state index in [1.807, 2.05) is 43.3 Å². The minimum absolute atomic E-state index is 0.155. The Morgan fingerprint density at radius 1 is 0.579 bits per heavy atom. The summed E-state index contributed by atoms with van der Waals surface area (Å²) >= 11 is 0. The van der Waals surface area contributed by atoms with Crippen molar-refractivity contribution in [3.63, 3.8) is 0 Å². The highest BCUT2D eigenvalue weighted by Gasteiger charge is 2.32. The van der Waals surface area contributed by atoms with Crippen LogP contribution in [0.25, 0.3) is 22.3 Å². The number of nitrogens with zero attached hydrogens (tertiary/aromatic N) is 2. The van der Waals surface area contributed by atoms with Gasteiger partial charge in [-0.2, -0.15) is 0 Å². The molecule has 0 saturated heterocycles. The molecule has 0 fully saturated rings. The van der Waals surface area contributed by atoms with Crippen LogP contribution in [0.3, 0.4) is 0 Å². The van der Waals surface area contributed by atoms with Crippen molar-refractivity contribution >= 4 is 34.1 Å². The predicted molar refractivity (Wildman–Crippen MR) is 153 cm³/mol. The summed E-state index contributed by atoms with van der Waals surface area (Å²) in [7, 11) is 0. The molecule has 0 radical (unpaired) electrons. The van der Waals surface area contributed by atoms with E-state index < -0.39 is 21.2 Å². The van der Waals surface area contributed by atoms with Crippen LogP contribution in [0.15, 0.2) is 72.8 Å². The van der Waals surface area contributed by atoms with Crippen LogP contribution in [0.1, 0.15) is 25.0 Å². The fourth-order valence-corrected chi connectivity index (χ4v) is 4.21. The summed E-state index contributed by atoms with van der Waals surface area (Å²) in [5, 5.41) is 22.5. The van der Waals surface area contributed by atoms with Gasteiger partial charge in [-0.1, -0.05) is 38.1 Å². The molecular weight excluding hydrogens is 484 g/mol. The summed E-state index contributed by atoms with van der Waals surface area (Å²) < 4.78 is 0. The predicted octanol–water partition coefficient (Wildman–Crippen LogP) is 5.98. The van der Waals surface area contributed by atoms with Crippen molar-refractivity contribution < 1.29 is 9.85 Å². The second kappa shape index (κ2) is 11.7. The van der Waals surface area contributed by atoms with Gasteiger partial charge in [-0.3, -0.25) is 20.2 Å². The summed E-state index contributed by atoms with van der Waals surface area (Å²) in [4.78, 5) is 20.9. The molecular formula is C28H30N6O4. The minimum Gasteiger partial charge on any atom is -0.399 e. The van der Waals surface area contributed by atoms with Crippen LogP contribution >= 0.6 is 0 Å². The Bertz CT molecular complexity index is 1490. The minimum atomic E-state index is -0.833. The van der Waals surface area contributed by atoms with E-state index in [0.29, 0.717) is 17.7 Å². The van der Waals surface area contributed by atoms with Gasteiger partial charge < -0.3 is 22.9 Å². The standard InChI is InChI=1S/C14H14N4O4.C14H16N2/c1-2-8-7-9(15)3-4-10(8)11-5-6-12(16)14(18(21)22)13(11)17(19)20;1-2-10-9-13(16)7-8-14(10)11-3-5-12(15)6-4-11/h3-7H,2,15-16H2,1H3;3-9H,2,15-16H2,1H3. The van der Waals surface area contributed by atoms with E-state index in [2.05, 4.69) is 13.0 Å². The summed E-state index contributed by atoms with van der Waals surface area (Å²) in [6, 6.07) is 21.6. The third-order valence-corrected chi connectivity index (χ3v) is 6.08. The fourth-order valence-electron chi connectivity index (χ4n) is 4.21. The van der Waals surface area contributed by atoms with Gasteiger partial charge in [0.25, 0.3) is 0 Å². The maximum atomic E-state index is 11.4. The molecule has 0 heterocycles. The van der Waals surface area contributed by atoms with Gasteiger partial charge in [0.2, 0.25) is 0 Å². The molecule has 8 N–H and O–H groups in total. The summed E-state index contributed by atoms with van der Waals surface area (Å²) in [6.07, 6.45) is 1.56. The van der Waals surface area contributed by atoms with Gasteiger partial charge in [0.05, 0.1) is 15.4 Å². The first kappa shape index (κ1) is 27.5. The monoisotopic (exact) mass is 514 g/mol. The Hall–Kier alpha value is -5.12. The molecule has 4 aromatic rings. The van der Waals surface area contributed by atoms with Gasteiger partial charge >= 0.3 is 11.4 Å². The molecule has 196 valence electrons. The Kier molecular flexibility index (Phi) is 8.49. The number of nitro benzene ring substituents is 2. The Morgan fingerprint density at radius 3 is 1.53 bits per heavy atom. The third-order valence-electron chi connectivity index (χ3n) is 6.08. The highest BCUT2D eigenvalue weighted by Crippen LogP contribution is 2.42. The highest BCUT2D eigenvalue weighted by atomic mass is 16.6. The van der Waals surface area contributed by atoms with E-state index in [0.717, 1.165) is 23.4 Å². The number of aryl methyl sites for hydroxylation is 2. The van der Waals surface area contributed by atoms with E-state index in [1.165, 1.54) is 28.8 Å². The third kappa shape index (κ3) is 5.98. The maximum Gasteiger partial charge on any atom is 0.369 e. The average Bonchev–Trinajstić information content (AvgIpc) is 2.89. The smallest absolute Gasteiger partial charge is 0.369 e. The highest BCUT2D eigenvalue weighted by molar-refractivity contribution is 5.86. The largest absolute Gasteiger partial charge is 0.399 e. The van der Waals surface area contributed by atoms with Crippen LogP contribution in [0.2, 0.25) is 0 Å². The van der Waals surface area contributed by atoms with Crippen molar-refractivity contribution in [3.05, 3.63) is 104 Å². The summed E-state index contributed by atoms with van der Waals surface area (Å²) in [5.41, 5.74) is 28.4. The number of benzene rings is 4. The van der Waals surface area contributed by atoms with E-state index in [9.17, 15) is 20.2 Å². The van der Waals surface area contributed by atoms with Crippen LogP contribution in [0.5, 0.6) is 0 Å². The zero-order valence-electron chi connectivity index (χ0n) is 21.2. The molecule has 0 spiro atoms. The first-order valence-electron chi connectivity index (χ1n) is 11.9. The molecule has 10 nitrogen and oxygen atoms in total. The number of rotatable bonds is 6. The van der Waals surface area contributed by atoms with Crippen molar-refractivity contribution in [1.29, 1.82) is 0 Å². The van der Waals surface area contributed by atoms with Crippen LogP contribution in [0, 0.1) is 20.2 Å². The molecule has 0 aliphatic carbocycles. The molecule has 38 heavy (non-hydrogen) atoms. The Balaban J connectivity index is 0.000000221. The van der Waals surface area contributed by atoms with Crippen molar-refractivity contribution in [2.24, 2.45) is 0 Å². The van der Waals surface area contributed by atoms with Crippen molar-refractivity contribution in [1.82, 2.24) is 0 Å². The molecule has 10 heteroatoms. The first-order chi connectivity index (χ1) is 18.1. The molecule has 0 atom stereocenters. The molecule has 4 aromatic carbocycles. The molecule has 0 aliphatic heterocycles. The van der Waals surface area contributed by atoms with Crippen molar-refractivity contribution in [2.75, 3.05) is 22.9 Å². The van der Waals surface area contributed by atoms with Gasteiger partial charge in [0, 0.05) is 17.1 Å². The lowest BCUT2D eigenvalue weighted by atomic mass is 9.95. The number of nitro groups is 2. The van der Waals surface area contributed by atoms with Gasteiger partial charge in [0.1, 0.15) is 5.69 Å². The van der Waals surface area contributed by atoms with Crippen LogP contribution in [-0.4, -0.2) is 9.85 Å². The number of hydrogen-bond acceptors (Lipinski definition) is 8. The van der Waals surface area contributed by atoms with Gasteiger partial charge in [-0.05, 0) is 89.2 Å². The number of hydrogen-bond donors (Lipinski definition) is 4. The van der Waals surface area contributed by atoms with Gasteiger partial charge in [0.15, 0.2) is 0 Å². The lowest BCUT2D eigenvalue weighted by Gasteiger charge is -2.10. The number of nitrogen functional groups attached to an aromatic ring is 4. The number of anilines is 4. The lowest BCUT2D eigenvalue weighted by Crippen LogP contribution is -2.03. The molecule has 4 rings (SSSR count). The van der Waals surface area contributed by atoms with E-state index in [1.54, 1.807) is 18.2 Å². The Labute approximate surface area is 220 Å². The number of nitrogens with two attached hydrogens (primary N) is 4. The second-order valence-electron chi connectivity index (χ2n) is 8.58. The van der Waals surface area contributed by atoms with Crippen LogP contribution < -0.4 is 22.9 Å². The van der Waals surface area contributed by atoms with Gasteiger partial charge in [-0.25, -0.2) is 0 Å². The molecule has 0 saturated carbocycles. The normalized spacial score (nSPS) is 10.4. The van der Waals surface area contributed by atoms with E-state index in [-0.39, 0.29) is 11.3 Å². The molecule has 0 unspecified atom stereocenters. The van der Waals surface area contributed by atoms with Crippen LogP contribution in [0.4, 0.5) is 34.1 Å². The Morgan fingerprint density at radius 2 is 1.03 bits per heavy atom. The van der Waals surface area contributed by atoms with Crippen molar-refractivity contribution in [2.45, 2.75) is 26.7 Å². The first-order valence-corrected chi connectivity index (χ1v) is 11.9. The SMILES string of the molecule is CCc1cc(N)ccc1-c1ccc(N)c([N+](=O)[O-])c1[N+](=O)[O-].CCc1cc(N)ccc1-c1ccc(N)cc1. The van der Waals surface area contributed by atoms with E-state index >= 15 is 0 Å². The average molecular weight is 515 g/mol. The molecule has 0 aromatic heterocycles. The zero-order valence-corrected chi connectivity index (χ0v) is 21.2. The van der Waals surface area contributed by atoms with Crippen molar-refractivity contribution in [3.8, 4) is 22.3 Å². The summed E-state index contributed by atoms with van der Waals surface area (Å²) in [6.45, 7) is 4.01. The molecule has 0 aliphatic rings. The fraction of sp³-hybridized carbons (Fsp3) is 0.143. The molecule has 0 bridgehead atoms. The van der Waals surface area contributed by atoms with Gasteiger partial charge in [-0.15, -0.1) is 0 Å². The van der Waals surface area contributed by atoms with Crippen LogP contribution in [-0.2, 0) is 12.8 Å². The maximum absolute atomic E-state index is 11.4.